The summed E-state index contributed by atoms with van der Waals surface area (Å²) in [7, 11) is 0. The predicted molar refractivity (Wildman–Crippen MR) is 67.5 cm³/mol. The molecule has 0 aromatic heterocycles. The molecular formula is C13H27NO2. The van der Waals surface area contributed by atoms with E-state index in [1.807, 2.05) is 55.4 Å². The van der Waals surface area contributed by atoms with Gasteiger partial charge in [-0.3, -0.25) is 4.90 Å². The van der Waals surface area contributed by atoms with Gasteiger partial charge < -0.3 is 4.74 Å². The quantitative estimate of drug-likeness (QED) is 0.723. The van der Waals surface area contributed by atoms with E-state index < -0.39 is 0 Å². The van der Waals surface area contributed by atoms with Gasteiger partial charge in [0, 0.05) is 11.1 Å². The minimum absolute atomic E-state index is 0.228. The van der Waals surface area contributed by atoms with Crippen LogP contribution in [-0.4, -0.2) is 28.7 Å². The van der Waals surface area contributed by atoms with Gasteiger partial charge in [-0.25, -0.2) is 4.79 Å². The van der Waals surface area contributed by atoms with E-state index >= 15 is 0 Å². The lowest BCUT2D eigenvalue weighted by atomic mass is 9.97. The van der Waals surface area contributed by atoms with Crippen LogP contribution in [0.1, 0.15) is 55.4 Å². The molecule has 16 heavy (non-hydrogen) atoms. The predicted octanol–water partition coefficient (Wildman–Crippen LogP) is 3.68. The van der Waals surface area contributed by atoms with Gasteiger partial charge in [-0.15, -0.1) is 0 Å². The molecule has 0 bridgehead atoms. The molecule has 0 radical (unpaired) electrons. The number of ether oxygens (including phenoxy) is 1. The van der Waals surface area contributed by atoms with E-state index in [1.54, 1.807) is 4.90 Å². The Morgan fingerprint density at radius 2 is 1.44 bits per heavy atom. The van der Waals surface area contributed by atoms with Crippen molar-refractivity contribution in [2.75, 3.05) is 6.61 Å². The second kappa shape index (κ2) is 5.07. The highest BCUT2D eigenvalue weighted by atomic mass is 16.6. The molecule has 0 aliphatic carbocycles. The fourth-order valence-electron chi connectivity index (χ4n) is 1.86. The van der Waals surface area contributed by atoms with Crippen molar-refractivity contribution in [2.45, 2.75) is 66.5 Å². The summed E-state index contributed by atoms with van der Waals surface area (Å²) in [5, 5.41) is 0. The number of carbonyl (C=O) groups excluding carboxylic acids is 1. The third kappa shape index (κ3) is 4.86. The first-order valence-electron chi connectivity index (χ1n) is 5.93. The molecule has 0 heterocycles. The Balaban J connectivity index is 4.74. The normalized spacial score (nSPS) is 12.8. The molecule has 0 spiro atoms. The van der Waals surface area contributed by atoms with Crippen LogP contribution in [0.3, 0.4) is 0 Å². The van der Waals surface area contributed by atoms with E-state index in [-0.39, 0.29) is 17.2 Å². The first-order chi connectivity index (χ1) is 6.96. The summed E-state index contributed by atoms with van der Waals surface area (Å²) in [6, 6.07) is 0. The largest absolute Gasteiger partial charge is 0.449 e. The van der Waals surface area contributed by atoms with E-state index in [4.69, 9.17) is 4.74 Å². The number of hydrogen-bond donors (Lipinski definition) is 0. The first-order valence-corrected chi connectivity index (χ1v) is 5.93. The van der Waals surface area contributed by atoms with Crippen LogP contribution in [0, 0.1) is 5.92 Å². The van der Waals surface area contributed by atoms with E-state index in [9.17, 15) is 4.79 Å². The molecule has 0 unspecified atom stereocenters. The Bertz CT molecular complexity index is 219. The summed E-state index contributed by atoms with van der Waals surface area (Å²) in [6.07, 6.45) is -0.228. The highest BCUT2D eigenvalue weighted by molar-refractivity contribution is 5.69. The standard InChI is InChI=1S/C13H27NO2/c1-10(2)9-16-11(15)14(12(3,4)5)13(6,7)8/h10H,9H2,1-8H3. The molecule has 0 aliphatic heterocycles. The number of carbonyl (C=O) groups is 1. The summed E-state index contributed by atoms with van der Waals surface area (Å²) >= 11 is 0. The molecule has 0 rings (SSSR count). The van der Waals surface area contributed by atoms with Crippen molar-refractivity contribution in [3.05, 3.63) is 0 Å². The van der Waals surface area contributed by atoms with Crippen molar-refractivity contribution >= 4 is 6.09 Å². The Hall–Kier alpha value is -0.730. The summed E-state index contributed by atoms with van der Waals surface area (Å²) < 4.78 is 5.31. The fraction of sp³-hybridized carbons (Fsp3) is 0.923. The van der Waals surface area contributed by atoms with Gasteiger partial charge in [0.1, 0.15) is 0 Å². The van der Waals surface area contributed by atoms with Crippen molar-refractivity contribution in [2.24, 2.45) is 5.92 Å². The molecule has 0 saturated heterocycles. The zero-order valence-corrected chi connectivity index (χ0v) is 12.0. The van der Waals surface area contributed by atoms with Crippen LogP contribution in [0.2, 0.25) is 0 Å². The summed E-state index contributed by atoms with van der Waals surface area (Å²) in [5.41, 5.74) is -0.460. The molecule has 3 nitrogen and oxygen atoms in total. The van der Waals surface area contributed by atoms with Crippen molar-refractivity contribution in [1.29, 1.82) is 0 Å². The van der Waals surface area contributed by atoms with Gasteiger partial charge in [-0.05, 0) is 47.5 Å². The number of rotatable bonds is 2. The number of nitrogens with zero attached hydrogens (tertiary/aromatic N) is 1. The molecule has 0 aliphatic rings. The fourth-order valence-corrected chi connectivity index (χ4v) is 1.86. The van der Waals surface area contributed by atoms with Crippen LogP contribution in [0.25, 0.3) is 0 Å². The second-order valence-corrected chi connectivity index (χ2v) is 6.65. The van der Waals surface area contributed by atoms with Crippen LogP contribution in [-0.2, 0) is 4.74 Å². The van der Waals surface area contributed by atoms with Crippen molar-refractivity contribution in [3.63, 3.8) is 0 Å². The third-order valence-electron chi connectivity index (χ3n) is 2.06. The molecule has 0 saturated carbocycles. The van der Waals surface area contributed by atoms with Gasteiger partial charge in [-0.1, -0.05) is 13.8 Å². The minimum atomic E-state index is -0.230. The van der Waals surface area contributed by atoms with Gasteiger partial charge in [0.2, 0.25) is 0 Å². The van der Waals surface area contributed by atoms with Crippen LogP contribution >= 0.6 is 0 Å². The lowest BCUT2D eigenvalue weighted by Crippen LogP contribution is -2.56. The number of hydrogen-bond acceptors (Lipinski definition) is 2. The van der Waals surface area contributed by atoms with Gasteiger partial charge in [0.05, 0.1) is 6.61 Å². The molecule has 0 fully saturated rings. The third-order valence-corrected chi connectivity index (χ3v) is 2.06. The Labute approximate surface area is 100 Å². The average molecular weight is 229 g/mol. The Kier molecular flexibility index (Phi) is 4.84. The molecule has 0 aromatic carbocycles. The molecule has 1 amide bonds. The summed E-state index contributed by atoms with van der Waals surface area (Å²) in [4.78, 5) is 13.8. The maximum atomic E-state index is 12.0. The molecular weight excluding hydrogens is 202 g/mol. The van der Waals surface area contributed by atoms with Crippen LogP contribution in [0.4, 0.5) is 4.79 Å². The Morgan fingerprint density at radius 1 is 1.06 bits per heavy atom. The van der Waals surface area contributed by atoms with Gasteiger partial charge >= 0.3 is 6.09 Å². The smallest absolute Gasteiger partial charge is 0.410 e. The SMILES string of the molecule is CC(C)COC(=O)N(C(C)(C)C)C(C)(C)C. The van der Waals surface area contributed by atoms with Crippen LogP contribution in [0.5, 0.6) is 0 Å². The van der Waals surface area contributed by atoms with Gasteiger partial charge in [0.15, 0.2) is 0 Å². The maximum absolute atomic E-state index is 12.0. The highest BCUT2D eigenvalue weighted by Gasteiger charge is 2.36. The molecule has 3 heteroatoms. The lowest BCUT2D eigenvalue weighted by Gasteiger charge is -2.44. The Morgan fingerprint density at radius 3 is 1.69 bits per heavy atom. The van der Waals surface area contributed by atoms with E-state index in [0.717, 1.165) is 0 Å². The summed E-state index contributed by atoms with van der Waals surface area (Å²) in [6.45, 7) is 16.7. The molecule has 0 N–H and O–H groups in total. The van der Waals surface area contributed by atoms with E-state index in [1.165, 1.54) is 0 Å². The maximum Gasteiger partial charge on any atom is 0.410 e. The van der Waals surface area contributed by atoms with Crippen molar-refractivity contribution in [1.82, 2.24) is 4.90 Å². The van der Waals surface area contributed by atoms with Crippen LogP contribution in [0.15, 0.2) is 0 Å². The number of amides is 1. The monoisotopic (exact) mass is 229 g/mol. The lowest BCUT2D eigenvalue weighted by molar-refractivity contribution is 0.0160. The first kappa shape index (κ1) is 15.3. The summed E-state index contributed by atoms with van der Waals surface area (Å²) in [5.74, 6) is 0.366. The van der Waals surface area contributed by atoms with Gasteiger partial charge in [-0.2, -0.15) is 0 Å². The topological polar surface area (TPSA) is 29.5 Å². The zero-order chi connectivity index (χ0) is 13.1. The van der Waals surface area contributed by atoms with Crippen molar-refractivity contribution < 1.29 is 9.53 Å². The van der Waals surface area contributed by atoms with Gasteiger partial charge in [0.25, 0.3) is 0 Å². The highest BCUT2D eigenvalue weighted by Crippen LogP contribution is 2.25. The van der Waals surface area contributed by atoms with E-state index in [2.05, 4.69) is 0 Å². The molecule has 96 valence electrons. The van der Waals surface area contributed by atoms with E-state index in [0.29, 0.717) is 12.5 Å². The average Bonchev–Trinajstić information content (AvgIpc) is 1.94. The molecule has 0 aromatic rings. The second-order valence-electron chi connectivity index (χ2n) is 6.65. The molecule has 0 atom stereocenters. The zero-order valence-electron chi connectivity index (χ0n) is 12.0. The van der Waals surface area contributed by atoms with Crippen LogP contribution < -0.4 is 0 Å². The minimum Gasteiger partial charge on any atom is -0.449 e. The van der Waals surface area contributed by atoms with Crippen molar-refractivity contribution in [3.8, 4) is 0 Å².